The first-order valence-corrected chi connectivity index (χ1v) is 9.47. The van der Waals surface area contributed by atoms with Crippen LogP contribution in [-0.2, 0) is 11.2 Å². The van der Waals surface area contributed by atoms with Crippen LogP contribution >= 0.6 is 0 Å². The second-order valence-corrected chi connectivity index (χ2v) is 6.91. The lowest BCUT2D eigenvalue weighted by Crippen LogP contribution is -2.33. The van der Waals surface area contributed by atoms with Crippen molar-refractivity contribution in [1.29, 1.82) is 0 Å². The first-order chi connectivity index (χ1) is 12.5. The van der Waals surface area contributed by atoms with Gasteiger partial charge in [-0.1, -0.05) is 44.1 Å². The average molecular weight is 359 g/mol. The van der Waals surface area contributed by atoms with E-state index in [4.69, 9.17) is 5.11 Å². The van der Waals surface area contributed by atoms with E-state index in [1.807, 2.05) is 17.1 Å². The van der Waals surface area contributed by atoms with Gasteiger partial charge in [-0.15, -0.1) is 0 Å². The van der Waals surface area contributed by atoms with E-state index in [1.54, 1.807) is 24.3 Å². The number of unbranched alkanes of at least 4 members (excludes halogenated alkanes) is 1. The van der Waals surface area contributed by atoms with E-state index in [0.29, 0.717) is 25.8 Å². The Hall–Kier alpha value is -2.14. The maximum atomic E-state index is 12.2. The third-order valence-electron chi connectivity index (χ3n) is 4.87. The van der Waals surface area contributed by atoms with Gasteiger partial charge in [0.2, 0.25) is 5.91 Å². The van der Waals surface area contributed by atoms with Crippen LogP contribution in [0.2, 0.25) is 0 Å². The van der Waals surface area contributed by atoms with Crippen molar-refractivity contribution in [2.45, 2.75) is 64.0 Å². The molecule has 0 bridgehead atoms. The van der Waals surface area contributed by atoms with Crippen molar-refractivity contribution in [3.05, 3.63) is 47.5 Å². The van der Waals surface area contributed by atoms with E-state index >= 15 is 0 Å². The molecule has 2 atom stereocenters. The SMILES string of the molecule is CCCC[C@H](O)CC=C[C@H]1CCC(=O)N1CCc1ccc(C(=O)O)cc1. The van der Waals surface area contributed by atoms with E-state index < -0.39 is 5.97 Å². The van der Waals surface area contributed by atoms with E-state index in [2.05, 4.69) is 6.92 Å². The van der Waals surface area contributed by atoms with Gasteiger partial charge in [-0.3, -0.25) is 4.79 Å². The molecule has 1 amide bonds. The smallest absolute Gasteiger partial charge is 0.335 e. The van der Waals surface area contributed by atoms with Crippen molar-refractivity contribution >= 4 is 11.9 Å². The highest BCUT2D eigenvalue weighted by molar-refractivity contribution is 5.87. The highest BCUT2D eigenvalue weighted by Gasteiger charge is 2.28. The number of carbonyl (C=O) groups excluding carboxylic acids is 1. The minimum atomic E-state index is -0.933. The first-order valence-electron chi connectivity index (χ1n) is 9.47. The van der Waals surface area contributed by atoms with Crippen LogP contribution < -0.4 is 0 Å². The van der Waals surface area contributed by atoms with Gasteiger partial charge in [-0.25, -0.2) is 4.79 Å². The lowest BCUT2D eigenvalue weighted by atomic mass is 10.1. The Morgan fingerprint density at radius 1 is 1.35 bits per heavy atom. The number of likely N-dealkylation sites (tertiary alicyclic amines) is 1. The number of benzene rings is 1. The van der Waals surface area contributed by atoms with Crippen LogP contribution in [0.5, 0.6) is 0 Å². The number of aliphatic hydroxyl groups is 1. The molecule has 0 radical (unpaired) electrons. The highest BCUT2D eigenvalue weighted by Crippen LogP contribution is 2.21. The van der Waals surface area contributed by atoms with Crippen LogP contribution in [0.3, 0.4) is 0 Å². The Kier molecular flexibility index (Phi) is 7.85. The number of rotatable bonds is 10. The highest BCUT2D eigenvalue weighted by atomic mass is 16.4. The molecule has 0 aliphatic carbocycles. The fraction of sp³-hybridized carbons (Fsp3) is 0.524. The van der Waals surface area contributed by atoms with Crippen molar-refractivity contribution in [2.75, 3.05) is 6.54 Å². The van der Waals surface area contributed by atoms with Gasteiger partial charge in [0.1, 0.15) is 0 Å². The van der Waals surface area contributed by atoms with Crippen LogP contribution in [0.4, 0.5) is 0 Å². The Labute approximate surface area is 155 Å². The molecule has 0 saturated carbocycles. The summed E-state index contributed by atoms with van der Waals surface area (Å²) >= 11 is 0. The molecule has 1 heterocycles. The molecular weight excluding hydrogens is 330 g/mol. The van der Waals surface area contributed by atoms with E-state index in [9.17, 15) is 14.7 Å². The van der Waals surface area contributed by atoms with Crippen molar-refractivity contribution in [3.63, 3.8) is 0 Å². The monoisotopic (exact) mass is 359 g/mol. The number of carboxylic acids is 1. The molecule has 0 spiro atoms. The Morgan fingerprint density at radius 3 is 2.73 bits per heavy atom. The summed E-state index contributed by atoms with van der Waals surface area (Å²) in [4.78, 5) is 24.9. The molecule has 1 aliphatic heterocycles. The lowest BCUT2D eigenvalue weighted by Gasteiger charge is -2.22. The molecule has 142 valence electrons. The zero-order chi connectivity index (χ0) is 18.9. The van der Waals surface area contributed by atoms with Gasteiger partial charge < -0.3 is 15.1 Å². The van der Waals surface area contributed by atoms with Crippen molar-refractivity contribution in [2.24, 2.45) is 0 Å². The largest absolute Gasteiger partial charge is 0.478 e. The minimum Gasteiger partial charge on any atom is -0.478 e. The molecule has 1 aromatic carbocycles. The van der Waals surface area contributed by atoms with Crippen molar-refractivity contribution in [1.82, 2.24) is 4.90 Å². The quantitative estimate of drug-likeness (QED) is 0.628. The van der Waals surface area contributed by atoms with Crippen LogP contribution in [0.15, 0.2) is 36.4 Å². The standard InChI is InChI=1S/C21H29NO4/c1-2-3-6-19(23)7-4-5-18-12-13-20(24)22(18)15-14-16-8-10-17(11-9-16)21(25)26/h4-5,8-11,18-19,23H,2-3,6-7,12-15H2,1H3,(H,25,26)/t18-,19-/m0/s1. The number of amides is 1. The fourth-order valence-electron chi connectivity index (χ4n) is 3.26. The molecule has 2 N–H and O–H groups in total. The molecular formula is C21H29NO4. The van der Waals surface area contributed by atoms with E-state index in [0.717, 1.165) is 31.2 Å². The summed E-state index contributed by atoms with van der Waals surface area (Å²) in [6.45, 7) is 2.73. The normalized spacial score (nSPS) is 18.6. The Morgan fingerprint density at radius 2 is 2.08 bits per heavy atom. The molecule has 2 rings (SSSR count). The summed E-state index contributed by atoms with van der Waals surface area (Å²) < 4.78 is 0. The Balaban J connectivity index is 1.85. The Bertz CT molecular complexity index is 623. The first kappa shape index (κ1) is 20.2. The van der Waals surface area contributed by atoms with Gasteiger partial charge in [-0.05, 0) is 43.4 Å². The molecule has 1 aromatic rings. The van der Waals surface area contributed by atoms with E-state index in [1.165, 1.54) is 0 Å². The maximum absolute atomic E-state index is 12.2. The summed E-state index contributed by atoms with van der Waals surface area (Å²) in [5.74, 6) is -0.772. The number of carboxylic acid groups (broad SMARTS) is 1. The number of hydrogen-bond donors (Lipinski definition) is 2. The summed E-state index contributed by atoms with van der Waals surface area (Å²) in [5.41, 5.74) is 1.29. The zero-order valence-corrected chi connectivity index (χ0v) is 15.4. The summed E-state index contributed by atoms with van der Waals surface area (Å²) in [7, 11) is 0. The average Bonchev–Trinajstić information content (AvgIpc) is 2.98. The molecule has 0 unspecified atom stereocenters. The topological polar surface area (TPSA) is 77.8 Å². The molecule has 26 heavy (non-hydrogen) atoms. The number of hydrogen-bond acceptors (Lipinski definition) is 3. The number of nitrogens with zero attached hydrogens (tertiary/aromatic N) is 1. The van der Waals surface area contributed by atoms with Gasteiger partial charge in [0, 0.05) is 13.0 Å². The number of carbonyl (C=O) groups is 2. The van der Waals surface area contributed by atoms with Gasteiger partial charge in [0.25, 0.3) is 0 Å². The maximum Gasteiger partial charge on any atom is 0.335 e. The van der Waals surface area contributed by atoms with Gasteiger partial charge in [-0.2, -0.15) is 0 Å². The van der Waals surface area contributed by atoms with Crippen molar-refractivity contribution in [3.8, 4) is 0 Å². The van der Waals surface area contributed by atoms with Crippen LogP contribution in [0, 0.1) is 0 Å². The van der Waals surface area contributed by atoms with Gasteiger partial charge in [0.15, 0.2) is 0 Å². The predicted molar refractivity (Wildman–Crippen MR) is 101 cm³/mol. The summed E-state index contributed by atoms with van der Waals surface area (Å²) in [6.07, 6.45) is 9.40. The van der Waals surface area contributed by atoms with E-state index in [-0.39, 0.29) is 23.6 Å². The van der Waals surface area contributed by atoms with Crippen LogP contribution in [0.25, 0.3) is 0 Å². The van der Waals surface area contributed by atoms with Crippen LogP contribution in [0.1, 0.15) is 61.4 Å². The summed E-state index contributed by atoms with van der Waals surface area (Å²) in [5, 5.41) is 18.9. The number of aliphatic hydroxyl groups excluding tert-OH is 1. The lowest BCUT2D eigenvalue weighted by molar-refractivity contribution is -0.128. The molecule has 1 aliphatic rings. The van der Waals surface area contributed by atoms with Crippen LogP contribution in [-0.4, -0.2) is 45.7 Å². The third kappa shape index (κ3) is 5.99. The second kappa shape index (κ2) is 10.1. The predicted octanol–water partition coefficient (Wildman–Crippen LogP) is 3.42. The number of aromatic carboxylic acids is 1. The third-order valence-corrected chi connectivity index (χ3v) is 4.87. The summed E-state index contributed by atoms with van der Waals surface area (Å²) in [6, 6.07) is 6.90. The molecule has 1 fully saturated rings. The van der Waals surface area contributed by atoms with Crippen molar-refractivity contribution < 1.29 is 19.8 Å². The molecule has 5 nitrogen and oxygen atoms in total. The van der Waals surface area contributed by atoms with Gasteiger partial charge >= 0.3 is 5.97 Å². The zero-order valence-electron chi connectivity index (χ0n) is 15.4. The molecule has 1 saturated heterocycles. The fourth-order valence-corrected chi connectivity index (χ4v) is 3.26. The molecule has 5 heteroatoms. The minimum absolute atomic E-state index is 0.0965. The molecule has 0 aromatic heterocycles. The van der Waals surface area contributed by atoms with Gasteiger partial charge in [0.05, 0.1) is 17.7 Å². The second-order valence-electron chi connectivity index (χ2n) is 6.91.